The van der Waals surface area contributed by atoms with Crippen LogP contribution in [-0.4, -0.2) is 36.7 Å². The number of hydrogen-bond acceptors (Lipinski definition) is 7. The van der Waals surface area contributed by atoms with Crippen molar-refractivity contribution in [1.82, 2.24) is 24.6 Å². The molecule has 1 atom stereocenters. The first-order valence-electron chi connectivity index (χ1n) is 9.91. The highest BCUT2D eigenvalue weighted by molar-refractivity contribution is 6.30. The molecule has 2 N–H and O–H groups in total. The number of aromatic nitrogens is 5. The minimum Gasteiger partial charge on any atom is -0.463 e. The highest BCUT2D eigenvalue weighted by Gasteiger charge is 2.32. The SMILES string of the molecule is CC1=C(C(N)=O)OC(C)N1c1ccc(F)c(-c2nc3ncc(-c4cncc(Cl)c4)cn3n2)c1. The lowest BCUT2D eigenvalue weighted by Crippen LogP contribution is -2.27. The summed E-state index contributed by atoms with van der Waals surface area (Å²) in [6, 6.07) is 6.26. The average Bonchev–Trinajstić information content (AvgIpc) is 3.34. The van der Waals surface area contributed by atoms with Crippen molar-refractivity contribution in [1.29, 1.82) is 0 Å². The molecule has 0 spiro atoms. The van der Waals surface area contributed by atoms with Crippen molar-refractivity contribution < 1.29 is 13.9 Å². The minimum atomic E-state index is -0.664. The number of hydrogen-bond donors (Lipinski definition) is 1. The number of ether oxygens (including phenoxy) is 1. The summed E-state index contributed by atoms with van der Waals surface area (Å²) < 4.78 is 21.8. The molecule has 4 aromatic rings. The van der Waals surface area contributed by atoms with Crippen LogP contribution in [0.25, 0.3) is 28.3 Å². The third kappa shape index (κ3) is 3.64. The molecular weight excluding hydrogens is 449 g/mol. The molecule has 9 nitrogen and oxygen atoms in total. The van der Waals surface area contributed by atoms with E-state index in [9.17, 15) is 9.18 Å². The van der Waals surface area contributed by atoms with E-state index in [0.29, 0.717) is 22.2 Å². The summed E-state index contributed by atoms with van der Waals surface area (Å²) in [5.74, 6) is -0.626. The van der Waals surface area contributed by atoms with Crippen LogP contribution in [0, 0.1) is 5.82 Å². The molecule has 0 radical (unpaired) electrons. The Kier molecular flexibility index (Phi) is 4.94. The van der Waals surface area contributed by atoms with Crippen LogP contribution in [0.4, 0.5) is 10.1 Å². The number of primary amides is 1. The number of nitrogens with zero attached hydrogens (tertiary/aromatic N) is 6. The van der Waals surface area contributed by atoms with Crippen molar-refractivity contribution in [3.8, 4) is 22.5 Å². The van der Waals surface area contributed by atoms with E-state index in [1.807, 2.05) is 0 Å². The van der Waals surface area contributed by atoms with E-state index in [0.717, 1.165) is 11.1 Å². The molecule has 1 aliphatic rings. The van der Waals surface area contributed by atoms with Gasteiger partial charge < -0.3 is 15.4 Å². The van der Waals surface area contributed by atoms with Crippen LogP contribution in [0.3, 0.4) is 0 Å². The minimum absolute atomic E-state index is 0.0754. The van der Waals surface area contributed by atoms with Gasteiger partial charge in [-0.25, -0.2) is 13.9 Å². The fraction of sp³-hybridized carbons (Fsp3) is 0.136. The summed E-state index contributed by atoms with van der Waals surface area (Å²) in [5, 5.41) is 4.91. The van der Waals surface area contributed by atoms with Crippen LogP contribution in [0.5, 0.6) is 0 Å². The molecule has 1 aromatic carbocycles. The van der Waals surface area contributed by atoms with Gasteiger partial charge in [0.05, 0.1) is 16.3 Å². The Morgan fingerprint density at radius 3 is 2.76 bits per heavy atom. The first kappa shape index (κ1) is 20.8. The number of anilines is 1. The quantitative estimate of drug-likeness (QED) is 0.490. The second-order valence-electron chi connectivity index (χ2n) is 7.44. The molecule has 0 fully saturated rings. The molecule has 1 unspecified atom stereocenters. The molecule has 0 saturated heterocycles. The van der Waals surface area contributed by atoms with Crippen LogP contribution >= 0.6 is 11.6 Å². The number of carbonyl (C=O) groups is 1. The Hall–Kier alpha value is -4.05. The number of carbonyl (C=O) groups excluding carboxylic acids is 1. The third-order valence-corrected chi connectivity index (χ3v) is 5.47. The summed E-state index contributed by atoms with van der Waals surface area (Å²) in [7, 11) is 0. The summed E-state index contributed by atoms with van der Waals surface area (Å²) in [6.45, 7) is 3.48. The van der Waals surface area contributed by atoms with Gasteiger partial charge in [0.25, 0.3) is 11.7 Å². The van der Waals surface area contributed by atoms with Crippen LogP contribution in [0.1, 0.15) is 13.8 Å². The maximum atomic E-state index is 14.8. The second kappa shape index (κ2) is 7.82. The third-order valence-electron chi connectivity index (χ3n) is 5.27. The fourth-order valence-electron chi connectivity index (χ4n) is 3.78. The lowest BCUT2D eigenvalue weighted by molar-refractivity contribution is -0.118. The highest BCUT2D eigenvalue weighted by Crippen LogP contribution is 2.34. The standard InChI is InChI=1S/C22H17ClFN7O2/c1-11-19(20(25)32)33-12(2)31(11)16-3-4-18(24)17(6-16)21-28-22-27-8-14(10-30(22)29-21)13-5-15(23)9-26-7-13/h3-10,12H,1-2H3,(H2,25,32). The van der Waals surface area contributed by atoms with Gasteiger partial charge in [0, 0.05) is 41.6 Å². The number of halogens is 2. The van der Waals surface area contributed by atoms with E-state index >= 15 is 0 Å². The predicted molar refractivity (Wildman–Crippen MR) is 119 cm³/mol. The van der Waals surface area contributed by atoms with Crippen molar-refractivity contribution in [2.75, 3.05) is 4.90 Å². The molecule has 1 amide bonds. The van der Waals surface area contributed by atoms with E-state index in [4.69, 9.17) is 22.1 Å². The van der Waals surface area contributed by atoms with Gasteiger partial charge in [-0.1, -0.05) is 11.6 Å². The summed E-state index contributed by atoms with van der Waals surface area (Å²) in [6.07, 6.45) is 6.05. The average molecular weight is 466 g/mol. The summed E-state index contributed by atoms with van der Waals surface area (Å²) in [5.41, 5.74) is 8.20. The molecule has 0 aliphatic carbocycles. The van der Waals surface area contributed by atoms with Crippen molar-refractivity contribution in [2.24, 2.45) is 5.73 Å². The van der Waals surface area contributed by atoms with Gasteiger partial charge in [-0.05, 0) is 38.1 Å². The lowest BCUT2D eigenvalue weighted by atomic mass is 10.1. The molecule has 0 saturated carbocycles. The van der Waals surface area contributed by atoms with E-state index in [1.54, 1.807) is 55.5 Å². The van der Waals surface area contributed by atoms with Crippen LogP contribution in [-0.2, 0) is 9.53 Å². The van der Waals surface area contributed by atoms with Gasteiger partial charge in [-0.3, -0.25) is 9.78 Å². The zero-order chi connectivity index (χ0) is 23.3. The van der Waals surface area contributed by atoms with Gasteiger partial charge >= 0.3 is 0 Å². The van der Waals surface area contributed by atoms with Gasteiger partial charge in [-0.2, -0.15) is 4.98 Å². The molecular formula is C22H17ClFN7O2. The number of amides is 1. The van der Waals surface area contributed by atoms with Crippen LogP contribution in [0.15, 0.2) is 60.5 Å². The number of allylic oxidation sites excluding steroid dienone is 1. The van der Waals surface area contributed by atoms with Crippen molar-refractivity contribution in [2.45, 2.75) is 20.1 Å². The zero-order valence-corrected chi connectivity index (χ0v) is 18.3. The van der Waals surface area contributed by atoms with Crippen molar-refractivity contribution in [3.63, 3.8) is 0 Å². The molecule has 33 heavy (non-hydrogen) atoms. The topological polar surface area (TPSA) is 112 Å². The Labute approximate surface area is 192 Å². The molecule has 1 aliphatic heterocycles. The Morgan fingerprint density at radius 2 is 2.03 bits per heavy atom. The Balaban J connectivity index is 1.56. The second-order valence-corrected chi connectivity index (χ2v) is 7.88. The Bertz CT molecular complexity index is 1450. The van der Waals surface area contributed by atoms with Crippen molar-refractivity contribution >= 4 is 29.0 Å². The number of pyridine rings is 1. The van der Waals surface area contributed by atoms with Crippen molar-refractivity contribution in [3.05, 3.63) is 71.3 Å². The molecule has 5 rings (SSSR count). The number of nitrogens with two attached hydrogens (primary N) is 1. The monoisotopic (exact) mass is 465 g/mol. The largest absolute Gasteiger partial charge is 0.463 e. The van der Waals surface area contributed by atoms with Gasteiger partial charge in [0.2, 0.25) is 5.76 Å². The normalized spacial score (nSPS) is 15.9. The van der Waals surface area contributed by atoms with E-state index in [2.05, 4.69) is 20.1 Å². The Morgan fingerprint density at radius 1 is 1.21 bits per heavy atom. The first-order chi connectivity index (χ1) is 15.8. The molecule has 11 heteroatoms. The van der Waals surface area contributed by atoms with E-state index < -0.39 is 18.0 Å². The van der Waals surface area contributed by atoms with Gasteiger partial charge in [-0.15, -0.1) is 5.10 Å². The number of benzene rings is 1. The van der Waals surface area contributed by atoms with Gasteiger partial charge in [0.15, 0.2) is 12.1 Å². The van der Waals surface area contributed by atoms with E-state index in [1.165, 1.54) is 16.8 Å². The van der Waals surface area contributed by atoms with Gasteiger partial charge in [0.1, 0.15) is 5.82 Å². The molecule has 3 aromatic heterocycles. The predicted octanol–water partition coefficient (Wildman–Crippen LogP) is 3.55. The van der Waals surface area contributed by atoms with Crippen LogP contribution < -0.4 is 10.6 Å². The lowest BCUT2D eigenvalue weighted by Gasteiger charge is -2.24. The van der Waals surface area contributed by atoms with E-state index in [-0.39, 0.29) is 17.1 Å². The van der Waals surface area contributed by atoms with Crippen LogP contribution in [0.2, 0.25) is 5.02 Å². The molecule has 4 heterocycles. The fourth-order valence-corrected chi connectivity index (χ4v) is 3.95. The smallest absolute Gasteiger partial charge is 0.285 e. The maximum absolute atomic E-state index is 14.8. The molecule has 166 valence electrons. The maximum Gasteiger partial charge on any atom is 0.285 e. The number of fused-ring (bicyclic) bond motifs is 1. The number of rotatable bonds is 4. The first-order valence-corrected chi connectivity index (χ1v) is 10.3. The molecule has 0 bridgehead atoms. The highest BCUT2D eigenvalue weighted by atomic mass is 35.5. The zero-order valence-electron chi connectivity index (χ0n) is 17.5. The summed E-state index contributed by atoms with van der Waals surface area (Å²) in [4.78, 5) is 26.2. The summed E-state index contributed by atoms with van der Waals surface area (Å²) >= 11 is 6.03.